The second kappa shape index (κ2) is 6.51. The van der Waals surface area contributed by atoms with Crippen molar-refractivity contribution in [2.24, 2.45) is 0 Å². The predicted molar refractivity (Wildman–Crippen MR) is 105 cm³/mol. The monoisotopic (exact) mass is 359 g/mol. The van der Waals surface area contributed by atoms with Gasteiger partial charge in [-0.05, 0) is 18.1 Å². The zero-order chi connectivity index (χ0) is 18.2. The van der Waals surface area contributed by atoms with Crippen molar-refractivity contribution in [3.8, 4) is 11.4 Å². The predicted octanol–water partition coefficient (Wildman–Crippen LogP) is 2.63. The van der Waals surface area contributed by atoms with Gasteiger partial charge in [-0.25, -0.2) is 9.97 Å². The summed E-state index contributed by atoms with van der Waals surface area (Å²) in [5, 5.41) is 11.5. The van der Waals surface area contributed by atoms with Crippen LogP contribution >= 0.6 is 0 Å². The molecule has 1 aromatic carbocycles. The molecule has 0 amide bonds. The van der Waals surface area contributed by atoms with Gasteiger partial charge in [0.1, 0.15) is 5.82 Å². The fourth-order valence-corrected chi connectivity index (χ4v) is 3.66. The van der Waals surface area contributed by atoms with Crippen LogP contribution < -0.4 is 10.2 Å². The second-order valence-corrected chi connectivity index (χ2v) is 6.93. The molecular weight excluding hydrogens is 338 g/mol. The normalized spacial score (nSPS) is 13.2. The Morgan fingerprint density at radius 1 is 1.11 bits per heavy atom. The highest BCUT2D eigenvalue weighted by atomic mass is 15.2. The highest BCUT2D eigenvalue weighted by Gasteiger charge is 2.22. The molecule has 7 nitrogen and oxygen atoms in total. The van der Waals surface area contributed by atoms with Gasteiger partial charge in [-0.15, -0.1) is 0 Å². The number of fused-ring (bicyclic) bond motifs is 2. The summed E-state index contributed by atoms with van der Waals surface area (Å²) < 4.78 is 0. The molecular formula is C20H21N7. The van der Waals surface area contributed by atoms with E-state index in [2.05, 4.69) is 44.6 Å². The average molecular weight is 359 g/mol. The van der Waals surface area contributed by atoms with Crippen LogP contribution in [0.15, 0.2) is 42.9 Å². The highest BCUT2D eigenvalue weighted by Crippen LogP contribution is 2.31. The average Bonchev–Trinajstić information content (AvgIpc) is 3.45. The summed E-state index contributed by atoms with van der Waals surface area (Å²) in [6, 6.07) is 8.27. The molecule has 0 saturated carbocycles. The molecule has 0 unspecified atom stereocenters. The Kier molecular flexibility index (Phi) is 3.86. The van der Waals surface area contributed by atoms with E-state index in [0.717, 1.165) is 59.9 Å². The molecule has 1 aliphatic heterocycles. The smallest absolute Gasteiger partial charge is 0.163 e. The van der Waals surface area contributed by atoms with E-state index in [-0.39, 0.29) is 0 Å². The van der Waals surface area contributed by atoms with Crippen molar-refractivity contribution in [1.82, 2.24) is 30.5 Å². The van der Waals surface area contributed by atoms with Crippen molar-refractivity contribution < 1.29 is 0 Å². The maximum atomic E-state index is 4.97. The van der Waals surface area contributed by atoms with Crippen LogP contribution in [-0.2, 0) is 19.5 Å². The fourth-order valence-electron chi connectivity index (χ4n) is 3.66. The van der Waals surface area contributed by atoms with Crippen LogP contribution in [0.25, 0.3) is 22.3 Å². The molecule has 0 aliphatic carbocycles. The van der Waals surface area contributed by atoms with Gasteiger partial charge in [0.15, 0.2) is 5.82 Å². The first-order valence-electron chi connectivity index (χ1n) is 9.15. The van der Waals surface area contributed by atoms with Crippen LogP contribution in [0, 0.1) is 0 Å². The number of para-hydroxylation sites is 1. The SMILES string of the molecule is CN(CCc1cn[nH]c1)c1nc(-c2c[nH]c3ccccc23)nc2c1CNC2. The molecule has 4 aromatic rings. The van der Waals surface area contributed by atoms with Gasteiger partial charge in [0.2, 0.25) is 0 Å². The molecule has 4 heterocycles. The summed E-state index contributed by atoms with van der Waals surface area (Å²) in [5.74, 6) is 1.79. The Balaban J connectivity index is 1.53. The maximum Gasteiger partial charge on any atom is 0.163 e. The minimum absolute atomic E-state index is 0.778. The van der Waals surface area contributed by atoms with Crippen molar-refractivity contribution >= 4 is 16.7 Å². The molecule has 27 heavy (non-hydrogen) atoms. The number of nitrogens with one attached hydrogen (secondary N) is 3. The molecule has 3 aromatic heterocycles. The lowest BCUT2D eigenvalue weighted by atomic mass is 10.1. The molecule has 1 aliphatic rings. The third-order valence-electron chi connectivity index (χ3n) is 5.15. The van der Waals surface area contributed by atoms with E-state index in [1.165, 1.54) is 11.1 Å². The molecule has 0 radical (unpaired) electrons. The van der Waals surface area contributed by atoms with Gasteiger partial charge in [0.05, 0.1) is 11.9 Å². The molecule has 136 valence electrons. The summed E-state index contributed by atoms with van der Waals surface area (Å²) >= 11 is 0. The Bertz CT molecular complexity index is 1080. The topological polar surface area (TPSA) is 85.5 Å². The number of hydrogen-bond donors (Lipinski definition) is 3. The lowest BCUT2D eigenvalue weighted by molar-refractivity contribution is 0.756. The van der Waals surface area contributed by atoms with E-state index in [1.54, 1.807) is 0 Å². The Hall–Kier alpha value is -3.19. The van der Waals surface area contributed by atoms with Gasteiger partial charge < -0.3 is 15.2 Å². The second-order valence-electron chi connectivity index (χ2n) is 6.93. The Morgan fingerprint density at radius 3 is 2.93 bits per heavy atom. The van der Waals surface area contributed by atoms with Gasteiger partial charge >= 0.3 is 0 Å². The zero-order valence-electron chi connectivity index (χ0n) is 15.2. The van der Waals surface area contributed by atoms with Crippen molar-refractivity contribution in [2.45, 2.75) is 19.5 Å². The van der Waals surface area contributed by atoms with Crippen molar-refractivity contribution in [3.63, 3.8) is 0 Å². The van der Waals surface area contributed by atoms with E-state index in [9.17, 15) is 0 Å². The van der Waals surface area contributed by atoms with E-state index in [0.29, 0.717) is 0 Å². The number of aromatic amines is 2. The van der Waals surface area contributed by atoms with Crippen LogP contribution in [0.1, 0.15) is 16.8 Å². The quantitative estimate of drug-likeness (QED) is 0.510. The minimum atomic E-state index is 0.778. The summed E-state index contributed by atoms with van der Waals surface area (Å²) in [7, 11) is 2.10. The third kappa shape index (κ3) is 2.86. The van der Waals surface area contributed by atoms with Gasteiger partial charge in [0.25, 0.3) is 0 Å². The van der Waals surface area contributed by atoms with E-state index < -0.39 is 0 Å². The standard InChI is InChI=1S/C20H21N7/c1-27(7-6-13-8-23-24-9-13)20-16-10-21-12-18(16)25-19(26-20)15-11-22-17-5-3-2-4-14(15)17/h2-5,8-9,11,21-22H,6-7,10,12H2,1H3,(H,23,24). The van der Waals surface area contributed by atoms with E-state index in [4.69, 9.17) is 9.97 Å². The van der Waals surface area contributed by atoms with Gasteiger partial charge in [0, 0.05) is 61.1 Å². The minimum Gasteiger partial charge on any atom is -0.360 e. The molecule has 3 N–H and O–H groups in total. The first-order chi connectivity index (χ1) is 13.3. The van der Waals surface area contributed by atoms with Crippen molar-refractivity contribution in [1.29, 1.82) is 0 Å². The van der Waals surface area contributed by atoms with Crippen LogP contribution in [0.2, 0.25) is 0 Å². The number of H-pyrrole nitrogens is 2. The number of benzene rings is 1. The molecule has 0 bridgehead atoms. The largest absolute Gasteiger partial charge is 0.360 e. The van der Waals surface area contributed by atoms with Gasteiger partial charge in [-0.3, -0.25) is 5.10 Å². The van der Waals surface area contributed by atoms with E-state index >= 15 is 0 Å². The molecule has 0 fully saturated rings. The lowest BCUT2D eigenvalue weighted by Crippen LogP contribution is -2.23. The lowest BCUT2D eigenvalue weighted by Gasteiger charge is -2.21. The zero-order valence-corrected chi connectivity index (χ0v) is 15.2. The van der Waals surface area contributed by atoms with E-state index in [1.807, 2.05) is 30.7 Å². The molecule has 0 spiro atoms. The number of rotatable bonds is 5. The number of anilines is 1. The van der Waals surface area contributed by atoms with Crippen LogP contribution in [0.4, 0.5) is 5.82 Å². The van der Waals surface area contributed by atoms with Crippen LogP contribution in [0.3, 0.4) is 0 Å². The molecule has 0 atom stereocenters. The fraction of sp³-hybridized carbons (Fsp3) is 0.250. The van der Waals surface area contributed by atoms with Gasteiger partial charge in [-0.2, -0.15) is 5.10 Å². The van der Waals surface area contributed by atoms with Crippen molar-refractivity contribution in [2.75, 3.05) is 18.5 Å². The summed E-state index contributed by atoms with van der Waals surface area (Å²) in [5.41, 5.74) is 5.64. The highest BCUT2D eigenvalue weighted by molar-refractivity contribution is 5.93. The third-order valence-corrected chi connectivity index (χ3v) is 5.15. The summed E-state index contributed by atoms with van der Waals surface area (Å²) in [6.07, 6.45) is 6.74. The van der Waals surface area contributed by atoms with Gasteiger partial charge in [-0.1, -0.05) is 18.2 Å². The summed E-state index contributed by atoms with van der Waals surface area (Å²) in [4.78, 5) is 15.4. The maximum absolute atomic E-state index is 4.97. The Labute approximate surface area is 156 Å². The van der Waals surface area contributed by atoms with Crippen molar-refractivity contribution in [3.05, 3.63) is 59.7 Å². The number of nitrogens with zero attached hydrogens (tertiary/aromatic N) is 4. The molecule has 0 saturated heterocycles. The molecule has 7 heteroatoms. The number of hydrogen-bond acceptors (Lipinski definition) is 5. The number of likely N-dealkylation sites (N-methyl/N-ethyl adjacent to an activating group) is 1. The first-order valence-corrected chi connectivity index (χ1v) is 9.15. The Morgan fingerprint density at radius 2 is 2.04 bits per heavy atom. The first kappa shape index (κ1) is 16.0. The van der Waals surface area contributed by atoms with Crippen LogP contribution in [-0.4, -0.2) is 38.7 Å². The summed E-state index contributed by atoms with van der Waals surface area (Å²) in [6.45, 7) is 2.47. The number of aromatic nitrogens is 5. The van der Waals surface area contributed by atoms with Crippen LogP contribution in [0.5, 0.6) is 0 Å². The molecule has 5 rings (SSSR count).